The second-order valence-corrected chi connectivity index (χ2v) is 4.40. The van der Waals surface area contributed by atoms with Gasteiger partial charge in [0.1, 0.15) is 0 Å². The molecule has 0 saturated carbocycles. The number of imide groups is 1. The smallest absolute Gasteiger partial charge is 0.323 e. The highest BCUT2D eigenvalue weighted by molar-refractivity contribution is 5.95. The van der Waals surface area contributed by atoms with E-state index in [1.54, 1.807) is 7.05 Å². The lowest BCUT2D eigenvalue weighted by atomic mass is 10.1. The summed E-state index contributed by atoms with van der Waals surface area (Å²) in [4.78, 5) is 34.7. The lowest BCUT2D eigenvalue weighted by Crippen LogP contribution is -2.41. The van der Waals surface area contributed by atoms with Gasteiger partial charge in [0, 0.05) is 20.0 Å². The average Bonchev–Trinajstić information content (AvgIpc) is 2.43. The van der Waals surface area contributed by atoms with E-state index in [9.17, 15) is 14.4 Å². The van der Waals surface area contributed by atoms with Crippen molar-refractivity contribution in [2.75, 3.05) is 13.6 Å². The first-order chi connectivity index (χ1) is 9.49. The van der Waals surface area contributed by atoms with Gasteiger partial charge in [0.25, 0.3) is 0 Å². The highest BCUT2D eigenvalue weighted by Gasteiger charge is 2.13. The number of hydrogen-bond donors (Lipinski definition) is 2. The molecule has 0 atom stereocenters. The van der Waals surface area contributed by atoms with Gasteiger partial charge < -0.3 is 10.0 Å². The zero-order valence-electron chi connectivity index (χ0n) is 11.3. The molecule has 2 N–H and O–H groups in total. The Kier molecular flexibility index (Phi) is 6.22. The minimum atomic E-state index is -1.06. The quantitative estimate of drug-likeness (QED) is 0.820. The minimum Gasteiger partial charge on any atom is -0.481 e. The van der Waals surface area contributed by atoms with Gasteiger partial charge in [0.2, 0.25) is 5.91 Å². The Balaban J connectivity index is 2.32. The zero-order valence-corrected chi connectivity index (χ0v) is 11.3. The number of benzene rings is 1. The Morgan fingerprint density at radius 2 is 1.80 bits per heavy atom. The topological polar surface area (TPSA) is 86.7 Å². The third-order valence-corrected chi connectivity index (χ3v) is 2.74. The van der Waals surface area contributed by atoms with Crippen molar-refractivity contribution < 1.29 is 19.5 Å². The summed E-state index contributed by atoms with van der Waals surface area (Å²) < 4.78 is 0. The minimum absolute atomic E-state index is 0.201. The lowest BCUT2D eigenvalue weighted by Gasteiger charge is -2.17. The highest BCUT2D eigenvalue weighted by Crippen LogP contribution is 2.00. The van der Waals surface area contributed by atoms with E-state index < -0.39 is 17.9 Å². The summed E-state index contributed by atoms with van der Waals surface area (Å²) in [5.74, 6) is -1.64. The van der Waals surface area contributed by atoms with Gasteiger partial charge in [-0.15, -0.1) is 0 Å². The summed E-state index contributed by atoms with van der Waals surface area (Å²) >= 11 is 0. The number of carbonyl (C=O) groups excluding carboxylic acids is 2. The van der Waals surface area contributed by atoms with Gasteiger partial charge in [0.05, 0.1) is 6.42 Å². The highest BCUT2D eigenvalue weighted by atomic mass is 16.4. The molecule has 0 saturated heterocycles. The monoisotopic (exact) mass is 278 g/mol. The maximum Gasteiger partial charge on any atom is 0.323 e. The molecule has 6 heteroatoms. The van der Waals surface area contributed by atoms with Gasteiger partial charge in [-0.25, -0.2) is 4.79 Å². The van der Waals surface area contributed by atoms with E-state index in [1.165, 1.54) is 4.90 Å². The van der Waals surface area contributed by atoms with Crippen LogP contribution >= 0.6 is 0 Å². The van der Waals surface area contributed by atoms with E-state index in [-0.39, 0.29) is 12.8 Å². The normalized spacial score (nSPS) is 9.85. The summed E-state index contributed by atoms with van der Waals surface area (Å²) in [5.41, 5.74) is 1.10. The summed E-state index contributed by atoms with van der Waals surface area (Å²) in [6, 6.07) is 9.17. The van der Waals surface area contributed by atoms with Gasteiger partial charge in [-0.3, -0.25) is 14.9 Å². The Bertz CT molecular complexity index is 473. The molecule has 0 aliphatic rings. The predicted molar refractivity (Wildman–Crippen MR) is 73.2 cm³/mol. The molecule has 1 aromatic carbocycles. The van der Waals surface area contributed by atoms with Crippen molar-refractivity contribution in [3.63, 3.8) is 0 Å². The van der Waals surface area contributed by atoms with E-state index >= 15 is 0 Å². The maximum atomic E-state index is 11.7. The number of hydrogen-bond acceptors (Lipinski definition) is 3. The van der Waals surface area contributed by atoms with Crippen LogP contribution in [-0.2, 0) is 16.0 Å². The summed E-state index contributed by atoms with van der Waals surface area (Å²) in [5, 5.41) is 10.6. The van der Waals surface area contributed by atoms with E-state index in [4.69, 9.17) is 5.11 Å². The van der Waals surface area contributed by atoms with Crippen LogP contribution in [-0.4, -0.2) is 41.5 Å². The number of carboxylic acid groups (broad SMARTS) is 1. The molecule has 108 valence electrons. The number of aliphatic carboxylic acids is 1. The van der Waals surface area contributed by atoms with E-state index in [0.29, 0.717) is 13.0 Å². The molecule has 3 amide bonds. The molecule has 0 unspecified atom stereocenters. The molecule has 0 aromatic heterocycles. The number of urea groups is 1. The first-order valence-electron chi connectivity index (χ1n) is 6.29. The number of likely N-dealkylation sites (N-methyl/N-ethyl adjacent to an activating group) is 1. The Morgan fingerprint density at radius 1 is 1.15 bits per heavy atom. The van der Waals surface area contributed by atoms with E-state index in [1.807, 2.05) is 30.3 Å². The first kappa shape index (κ1) is 15.7. The van der Waals surface area contributed by atoms with Gasteiger partial charge in [0.15, 0.2) is 0 Å². The molecule has 0 aliphatic heterocycles. The van der Waals surface area contributed by atoms with Crippen LogP contribution in [0.1, 0.15) is 18.4 Å². The Labute approximate surface area is 117 Å². The molecule has 0 fully saturated rings. The van der Waals surface area contributed by atoms with Crippen LogP contribution in [0, 0.1) is 0 Å². The maximum absolute atomic E-state index is 11.7. The van der Waals surface area contributed by atoms with Crippen molar-refractivity contribution in [3.05, 3.63) is 35.9 Å². The largest absolute Gasteiger partial charge is 0.481 e. The van der Waals surface area contributed by atoms with Gasteiger partial charge >= 0.3 is 12.0 Å². The van der Waals surface area contributed by atoms with Gasteiger partial charge in [-0.05, 0) is 12.0 Å². The molecule has 0 heterocycles. The standard InChI is InChI=1S/C14H18N2O4/c1-16(10-9-11-5-3-2-4-6-11)14(20)15-12(17)7-8-13(18)19/h2-6H,7-10H2,1H3,(H,18,19)(H,15,17,20). The molecule has 1 aromatic rings. The number of rotatable bonds is 6. The fraction of sp³-hybridized carbons (Fsp3) is 0.357. The van der Waals surface area contributed by atoms with Crippen LogP contribution in [0.15, 0.2) is 30.3 Å². The fourth-order valence-corrected chi connectivity index (χ4v) is 1.54. The predicted octanol–water partition coefficient (Wildman–Crippen LogP) is 1.26. The molecular weight excluding hydrogens is 260 g/mol. The summed E-state index contributed by atoms with van der Waals surface area (Å²) in [6.07, 6.45) is 0.203. The molecule has 0 bridgehead atoms. The summed E-state index contributed by atoms with van der Waals surface area (Å²) in [7, 11) is 1.59. The van der Waals surface area contributed by atoms with Crippen molar-refractivity contribution in [1.29, 1.82) is 0 Å². The molecular formula is C14H18N2O4. The van der Waals surface area contributed by atoms with E-state index in [0.717, 1.165) is 5.56 Å². The van der Waals surface area contributed by atoms with Crippen molar-refractivity contribution in [2.45, 2.75) is 19.3 Å². The molecule has 6 nitrogen and oxygen atoms in total. The average molecular weight is 278 g/mol. The number of carbonyl (C=O) groups is 3. The molecule has 0 spiro atoms. The number of nitrogens with one attached hydrogen (secondary N) is 1. The first-order valence-corrected chi connectivity index (χ1v) is 6.29. The zero-order chi connectivity index (χ0) is 15.0. The van der Waals surface area contributed by atoms with Gasteiger partial charge in [-0.1, -0.05) is 30.3 Å². The van der Waals surface area contributed by atoms with Crippen LogP contribution in [0.5, 0.6) is 0 Å². The Hall–Kier alpha value is -2.37. The van der Waals surface area contributed by atoms with Crippen molar-refractivity contribution in [2.24, 2.45) is 0 Å². The van der Waals surface area contributed by atoms with Gasteiger partial charge in [-0.2, -0.15) is 0 Å². The van der Waals surface area contributed by atoms with Crippen LogP contribution in [0.2, 0.25) is 0 Å². The third-order valence-electron chi connectivity index (χ3n) is 2.74. The molecule has 0 aliphatic carbocycles. The van der Waals surface area contributed by atoms with Crippen LogP contribution in [0.4, 0.5) is 4.79 Å². The molecule has 20 heavy (non-hydrogen) atoms. The Morgan fingerprint density at radius 3 is 2.40 bits per heavy atom. The van der Waals surface area contributed by atoms with Crippen LogP contribution in [0.25, 0.3) is 0 Å². The van der Waals surface area contributed by atoms with E-state index in [2.05, 4.69) is 5.32 Å². The fourth-order valence-electron chi connectivity index (χ4n) is 1.54. The summed E-state index contributed by atoms with van der Waals surface area (Å²) in [6.45, 7) is 0.474. The SMILES string of the molecule is CN(CCc1ccccc1)C(=O)NC(=O)CCC(=O)O. The van der Waals surface area contributed by atoms with Crippen LogP contribution in [0.3, 0.4) is 0 Å². The number of carboxylic acids is 1. The molecule has 1 rings (SSSR count). The van der Waals surface area contributed by atoms with Crippen LogP contribution < -0.4 is 5.32 Å². The second kappa shape index (κ2) is 7.93. The van der Waals surface area contributed by atoms with Crippen molar-refractivity contribution >= 4 is 17.9 Å². The number of nitrogens with zero attached hydrogens (tertiary/aromatic N) is 1. The molecule has 0 radical (unpaired) electrons. The lowest BCUT2D eigenvalue weighted by molar-refractivity contribution is -0.138. The number of amides is 3. The third kappa shape index (κ3) is 5.99. The second-order valence-electron chi connectivity index (χ2n) is 4.40. The van der Waals surface area contributed by atoms with Crippen molar-refractivity contribution in [3.8, 4) is 0 Å². The van der Waals surface area contributed by atoms with Crippen molar-refractivity contribution in [1.82, 2.24) is 10.2 Å².